The number of ether oxygens (including phenoxy) is 2. The molecule has 0 saturated heterocycles. The number of hydrogen-bond acceptors (Lipinski definition) is 6. The lowest BCUT2D eigenvalue weighted by Gasteiger charge is -2.17. The molecule has 0 aliphatic rings. The van der Waals surface area contributed by atoms with E-state index in [4.69, 9.17) is 9.47 Å². The summed E-state index contributed by atoms with van der Waals surface area (Å²) < 4.78 is 11.5. The first-order valence-electron chi connectivity index (χ1n) is 9.17. The Morgan fingerprint density at radius 2 is 1.86 bits per heavy atom. The number of nitrogens with zero attached hydrogens (tertiary/aromatic N) is 2. The summed E-state index contributed by atoms with van der Waals surface area (Å²) in [6.07, 6.45) is 0. The summed E-state index contributed by atoms with van der Waals surface area (Å²) >= 11 is 1.13. The Morgan fingerprint density at radius 1 is 1.17 bits per heavy atom. The number of nitrogens with one attached hydrogen (secondary N) is 1. The highest BCUT2D eigenvalue weighted by atomic mass is 32.1. The number of H-pyrrole nitrogens is 1. The maximum atomic E-state index is 13.3. The third-order valence-electron chi connectivity index (χ3n) is 4.86. The minimum Gasteiger partial charge on any atom is -0.497 e. The van der Waals surface area contributed by atoms with Gasteiger partial charge in [0.25, 0.3) is 11.5 Å². The second-order valence-corrected chi connectivity index (χ2v) is 7.37. The van der Waals surface area contributed by atoms with Crippen molar-refractivity contribution >= 4 is 27.5 Å². The van der Waals surface area contributed by atoms with Gasteiger partial charge in [-0.05, 0) is 38.5 Å². The van der Waals surface area contributed by atoms with Crippen LogP contribution in [0.5, 0.6) is 11.5 Å². The van der Waals surface area contributed by atoms with Crippen LogP contribution in [0.3, 0.4) is 0 Å². The predicted octanol–water partition coefficient (Wildman–Crippen LogP) is 2.55. The van der Waals surface area contributed by atoms with E-state index in [1.807, 2.05) is 13.8 Å². The van der Waals surface area contributed by atoms with Gasteiger partial charge in [0.1, 0.15) is 16.3 Å². The van der Waals surface area contributed by atoms with E-state index in [-0.39, 0.29) is 5.91 Å². The Bertz CT molecular complexity index is 1190. The van der Waals surface area contributed by atoms with Crippen molar-refractivity contribution in [2.75, 3.05) is 27.3 Å². The number of hydrogen-bond donors (Lipinski definition) is 1. The van der Waals surface area contributed by atoms with Gasteiger partial charge in [-0.1, -0.05) is 0 Å². The van der Waals surface area contributed by atoms with Crippen molar-refractivity contribution in [3.63, 3.8) is 0 Å². The molecule has 0 aliphatic heterocycles. The van der Waals surface area contributed by atoms with E-state index in [1.54, 1.807) is 30.0 Å². The fourth-order valence-corrected chi connectivity index (χ4v) is 4.42. The molecule has 154 valence electrons. The molecule has 29 heavy (non-hydrogen) atoms. The largest absolute Gasteiger partial charge is 0.497 e. The minimum atomic E-state index is -0.603. The van der Waals surface area contributed by atoms with Crippen molar-refractivity contribution in [2.24, 2.45) is 0 Å². The van der Waals surface area contributed by atoms with E-state index in [1.165, 1.54) is 14.2 Å². The number of methoxy groups -OCH3 is 2. The van der Waals surface area contributed by atoms with Crippen molar-refractivity contribution in [2.45, 2.75) is 20.8 Å². The monoisotopic (exact) mass is 417 g/mol. The van der Waals surface area contributed by atoms with Crippen LogP contribution < -0.4 is 20.7 Å². The molecule has 3 aromatic rings. The standard InChI is InChI=1S/C20H23N3O5S/c1-6-22(7-2)19(25)16-11(3)15-17(29-16)21-20(26)23(18(15)24)13-9-8-12(27-4)10-14(13)28-5/h8-10H,6-7H2,1-5H3,(H,21,26). The van der Waals surface area contributed by atoms with Gasteiger partial charge in [0.2, 0.25) is 0 Å². The topological polar surface area (TPSA) is 93.6 Å². The van der Waals surface area contributed by atoms with Crippen molar-refractivity contribution in [3.8, 4) is 17.2 Å². The fourth-order valence-electron chi connectivity index (χ4n) is 3.26. The SMILES string of the molecule is CCN(CC)C(=O)c1sc2[nH]c(=O)n(-c3ccc(OC)cc3OC)c(=O)c2c1C. The number of aromatic nitrogens is 2. The summed E-state index contributed by atoms with van der Waals surface area (Å²) in [6.45, 7) is 6.65. The molecule has 2 heterocycles. The zero-order chi connectivity index (χ0) is 21.3. The molecular weight excluding hydrogens is 394 g/mol. The quantitative estimate of drug-likeness (QED) is 0.665. The lowest BCUT2D eigenvalue weighted by molar-refractivity contribution is 0.0777. The van der Waals surface area contributed by atoms with Crippen molar-refractivity contribution in [1.82, 2.24) is 14.5 Å². The highest BCUT2D eigenvalue weighted by molar-refractivity contribution is 7.20. The van der Waals surface area contributed by atoms with E-state index in [2.05, 4.69) is 4.98 Å². The number of thiophene rings is 1. The van der Waals surface area contributed by atoms with Gasteiger partial charge in [0.15, 0.2) is 0 Å². The van der Waals surface area contributed by atoms with Crippen LogP contribution in [0.25, 0.3) is 15.9 Å². The number of fused-ring (bicyclic) bond motifs is 1. The molecule has 8 nitrogen and oxygen atoms in total. The Labute approximate surface area is 171 Å². The maximum Gasteiger partial charge on any atom is 0.334 e. The lowest BCUT2D eigenvalue weighted by Crippen LogP contribution is -2.33. The lowest BCUT2D eigenvalue weighted by atomic mass is 10.2. The van der Waals surface area contributed by atoms with Gasteiger partial charge in [-0.25, -0.2) is 9.36 Å². The van der Waals surface area contributed by atoms with Crippen molar-refractivity contribution in [1.29, 1.82) is 0 Å². The Balaban J connectivity index is 2.28. The molecular formula is C20H23N3O5S. The maximum absolute atomic E-state index is 13.3. The number of rotatable bonds is 6. The van der Waals surface area contributed by atoms with E-state index >= 15 is 0 Å². The summed E-state index contributed by atoms with van der Waals surface area (Å²) in [7, 11) is 2.97. The molecule has 0 radical (unpaired) electrons. The molecule has 1 amide bonds. The highest BCUT2D eigenvalue weighted by Gasteiger charge is 2.24. The number of amides is 1. The molecule has 0 atom stereocenters. The van der Waals surface area contributed by atoms with Gasteiger partial charge in [-0.2, -0.15) is 0 Å². The number of carbonyl (C=O) groups is 1. The first kappa shape index (κ1) is 20.7. The van der Waals surface area contributed by atoms with E-state index < -0.39 is 11.2 Å². The number of aromatic amines is 1. The molecule has 0 spiro atoms. The second-order valence-electron chi connectivity index (χ2n) is 6.35. The van der Waals surface area contributed by atoms with E-state index in [0.717, 1.165) is 15.9 Å². The van der Waals surface area contributed by atoms with E-state index in [0.29, 0.717) is 50.9 Å². The van der Waals surface area contributed by atoms with Gasteiger partial charge in [0.05, 0.1) is 30.2 Å². The van der Waals surface area contributed by atoms with Crippen molar-refractivity contribution in [3.05, 3.63) is 49.5 Å². The Hall–Kier alpha value is -3.07. The average molecular weight is 417 g/mol. The molecule has 3 rings (SSSR count). The molecule has 2 aromatic heterocycles. The van der Waals surface area contributed by atoms with Crippen molar-refractivity contribution < 1.29 is 14.3 Å². The van der Waals surface area contributed by atoms with Gasteiger partial charge in [0, 0.05) is 19.2 Å². The smallest absolute Gasteiger partial charge is 0.334 e. The molecule has 0 aliphatic carbocycles. The molecule has 0 fully saturated rings. The summed E-state index contributed by atoms with van der Waals surface area (Å²) in [6, 6.07) is 4.83. The van der Waals surface area contributed by atoms with Gasteiger partial charge in [-0.3, -0.25) is 14.6 Å². The zero-order valence-corrected chi connectivity index (χ0v) is 17.8. The van der Waals surface area contributed by atoms with Gasteiger partial charge >= 0.3 is 5.69 Å². The third kappa shape index (κ3) is 3.42. The number of carbonyl (C=O) groups excluding carboxylic acids is 1. The molecule has 1 aromatic carbocycles. The molecule has 0 unspecified atom stereocenters. The average Bonchev–Trinajstić information content (AvgIpc) is 3.05. The van der Waals surface area contributed by atoms with Crippen LogP contribution >= 0.6 is 11.3 Å². The van der Waals surface area contributed by atoms with Gasteiger partial charge in [-0.15, -0.1) is 11.3 Å². The number of benzene rings is 1. The fraction of sp³-hybridized carbons (Fsp3) is 0.350. The Kier molecular flexibility index (Phi) is 5.78. The van der Waals surface area contributed by atoms with Crippen LogP contribution in [-0.2, 0) is 0 Å². The first-order valence-corrected chi connectivity index (χ1v) is 9.99. The van der Waals surface area contributed by atoms with Crippen LogP contribution in [0.1, 0.15) is 29.1 Å². The van der Waals surface area contributed by atoms with Crippen LogP contribution in [0.4, 0.5) is 0 Å². The van der Waals surface area contributed by atoms with E-state index in [9.17, 15) is 14.4 Å². The third-order valence-corrected chi connectivity index (χ3v) is 6.06. The summed E-state index contributed by atoms with van der Waals surface area (Å²) in [5.74, 6) is 0.709. The minimum absolute atomic E-state index is 0.150. The first-order chi connectivity index (χ1) is 13.9. The number of aryl methyl sites for hydroxylation is 1. The predicted molar refractivity (Wildman–Crippen MR) is 113 cm³/mol. The zero-order valence-electron chi connectivity index (χ0n) is 17.0. The summed E-state index contributed by atoms with van der Waals surface area (Å²) in [5, 5.41) is 0.322. The summed E-state index contributed by atoms with van der Waals surface area (Å²) in [4.78, 5) is 44.1. The molecule has 1 N–H and O–H groups in total. The molecule has 0 bridgehead atoms. The van der Waals surface area contributed by atoms with Gasteiger partial charge < -0.3 is 14.4 Å². The highest BCUT2D eigenvalue weighted by Crippen LogP contribution is 2.30. The summed E-state index contributed by atoms with van der Waals surface area (Å²) in [5.41, 5.74) is -0.248. The van der Waals surface area contributed by atoms with Crippen LogP contribution in [0.15, 0.2) is 27.8 Å². The second kappa shape index (κ2) is 8.12. The molecule has 0 saturated carbocycles. The van der Waals surface area contributed by atoms with Crippen LogP contribution in [0.2, 0.25) is 0 Å². The molecule has 9 heteroatoms. The Morgan fingerprint density at radius 3 is 2.45 bits per heavy atom. The van der Waals surface area contributed by atoms with Crippen LogP contribution in [0, 0.1) is 6.92 Å². The normalized spacial score (nSPS) is 10.9. The van der Waals surface area contributed by atoms with Crippen LogP contribution in [-0.4, -0.2) is 47.7 Å².